The van der Waals surface area contributed by atoms with Gasteiger partial charge in [0.05, 0.1) is 19.4 Å². The molecule has 0 bridgehead atoms. The Kier molecular flexibility index (Phi) is 8.61. The van der Waals surface area contributed by atoms with E-state index in [1.807, 2.05) is 13.8 Å². The number of hydrogen-bond donors (Lipinski definition) is 1. The molecule has 0 aliphatic rings. The number of hydrogen-bond acceptors (Lipinski definition) is 7. The van der Waals surface area contributed by atoms with E-state index in [-0.39, 0.29) is 23.5 Å². The van der Waals surface area contributed by atoms with Gasteiger partial charge in [-0.15, -0.1) is 0 Å². The molecule has 0 saturated carbocycles. The lowest BCUT2D eigenvalue weighted by molar-refractivity contribution is -0.144. The van der Waals surface area contributed by atoms with Gasteiger partial charge in [-0.2, -0.15) is 0 Å². The number of nitrogens with one attached hydrogen (secondary N) is 1. The maximum atomic E-state index is 12.0. The topological polar surface area (TPSA) is 90.5 Å². The lowest BCUT2D eigenvalue weighted by Gasteiger charge is -2.12. The lowest BCUT2D eigenvalue weighted by atomic mass is 10.3. The van der Waals surface area contributed by atoms with Crippen LogP contribution < -0.4 is 0 Å². The van der Waals surface area contributed by atoms with Gasteiger partial charge < -0.3 is 19.2 Å². The summed E-state index contributed by atoms with van der Waals surface area (Å²) in [6.07, 6.45) is 1.99. The van der Waals surface area contributed by atoms with Crippen LogP contribution in [-0.2, 0) is 19.0 Å². The van der Waals surface area contributed by atoms with E-state index in [0.717, 1.165) is 0 Å². The number of ether oxygens (including phenoxy) is 3. The highest BCUT2D eigenvalue weighted by Crippen LogP contribution is 2.23. The van der Waals surface area contributed by atoms with Gasteiger partial charge in [-0.3, -0.25) is 4.79 Å². The number of esters is 2. The Balaban J connectivity index is 2.51. The van der Waals surface area contributed by atoms with Gasteiger partial charge in [-0.05, 0) is 20.3 Å². The van der Waals surface area contributed by atoms with Crippen LogP contribution in [0.2, 0.25) is 0 Å². The van der Waals surface area contributed by atoms with E-state index in [2.05, 4.69) is 9.97 Å². The van der Waals surface area contributed by atoms with Crippen molar-refractivity contribution < 1.29 is 23.8 Å². The molecule has 1 aromatic heterocycles. The van der Waals surface area contributed by atoms with E-state index in [4.69, 9.17) is 14.2 Å². The van der Waals surface area contributed by atoms with Gasteiger partial charge in [0.15, 0.2) is 5.16 Å². The first kappa shape index (κ1) is 18.5. The third-order valence-corrected chi connectivity index (χ3v) is 3.85. The molecule has 124 valence electrons. The van der Waals surface area contributed by atoms with Gasteiger partial charge >= 0.3 is 11.9 Å². The Morgan fingerprint density at radius 1 is 1.23 bits per heavy atom. The third kappa shape index (κ3) is 6.07. The third-order valence-electron chi connectivity index (χ3n) is 2.61. The Morgan fingerprint density at radius 2 is 2.00 bits per heavy atom. The summed E-state index contributed by atoms with van der Waals surface area (Å²) in [6.45, 7) is 7.00. The summed E-state index contributed by atoms with van der Waals surface area (Å²) >= 11 is 1.23. The van der Waals surface area contributed by atoms with Crippen molar-refractivity contribution in [1.29, 1.82) is 0 Å². The number of carbonyl (C=O) groups is 2. The summed E-state index contributed by atoms with van der Waals surface area (Å²) in [5, 5.41) is 0.0967. The van der Waals surface area contributed by atoms with Crippen molar-refractivity contribution in [2.45, 2.75) is 37.6 Å². The molecule has 0 amide bonds. The molecule has 1 atom stereocenters. The van der Waals surface area contributed by atoms with Crippen molar-refractivity contribution in [1.82, 2.24) is 9.97 Å². The molecular formula is C14H22N2O5S. The Morgan fingerprint density at radius 3 is 2.64 bits per heavy atom. The maximum Gasteiger partial charge on any atom is 0.356 e. The van der Waals surface area contributed by atoms with Gasteiger partial charge in [0.2, 0.25) is 0 Å². The first-order valence-corrected chi connectivity index (χ1v) is 8.13. The van der Waals surface area contributed by atoms with Crippen LogP contribution >= 0.6 is 11.8 Å². The molecule has 8 heteroatoms. The van der Waals surface area contributed by atoms with Crippen LogP contribution in [-0.4, -0.2) is 53.6 Å². The van der Waals surface area contributed by atoms with Crippen molar-refractivity contribution in [3.05, 3.63) is 11.9 Å². The molecule has 1 heterocycles. The van der Waals surface area contributed by atoms with Crippen molar-refractivity contribution >= 4 is 23.7 Å². The average Bonchev–Trinajstić information content (AvgIpc) is 2.98. The Bertz CT molecular complexity index is 478. The summed E-state index contributed by atoms with van der Waals surface area (Å²) in [5.74, 6) is -0.782. The Labute approximate surface area is 134 Å². The highest BCUT2D eigenvalue weighted by Gasteiger charge is 2.22. The maximum absolute atomic E-state index is 12.0. The fourth-order valence-electron chi connectivity index (χ4n) is 1.55. The number of thioether (sulfide) groups is 1. The van der Waals surface area contributed by atoms with E-state index in [0.29, 0.717) is 31.4 Å². The van der Waals surface area contributed by atoms with Crippen molar-refractivity contribution in [3.8, 4) is 0 Å². The molecule has 0 aromatic carbocycles. The first-order chi connectivity index (χ1) is 10.6. The van der Waals surface area contributed by atoms with Crippen LogP contribution in [0.1, 0.15) is 37.7 Å². The van der Waals surface area contributed by atoms with Gasteiger partial charge in [0, 0.05) is 6.61 Å². The van der Waals surface area contributed by atoms with E-state index in [1.165, 1.54) is 18.0 Å². The molecular weight excluding hydrogens is 308 g/mol. The van der Waals surface area contributed by atoms with Gasteiger partial charge in [-0.1, -0.05) is 18.7 Å². The Hall–Kier alpha value is -1.54. The number of aromatic amines is 1. The SMILES string of the molecule is CCOCCOC(=O)C(CC)Sc1ncc(C(=O)OCC)[nH]1. The summed E-state index contributed by atoms with van der Waals surface area (Å²) in [5.41, 5.74) is 0.268. The highest BCUT2D eigenvalue weighted by atomic mass is 32.2. The van der Waals surface area contributed by atoms with E-state index in [9.17, 15) is 9.59 Å². The molecule has 0 aliphatic heterocycles. The molecule has 22 heavy (non-hydrogen) atoms. The van der Waals surface area contributed by atoms with Crippen LogP contribution in [0.15, 0.2) is 11.4 Å². The molecule has 1 N–H and O–H groups in total. The van der Waals surface area contributed by atoms with E-state index in [1.54, 1.807) is 6.92 Å². The minimum absolute atomic E-state index is 0.232. The summed E-state index contributed by atoms with van der Waals surface area (Å²) in [7, 11) is 0. The van der Waals surface area contributed by atoms with Crippen LogP contribution in [0.25, 0.3) is 0 Å². The molecule has 0 spiro atoms. The zero-order valence-corrected chi connectivity index (χ0v) is 13.9. The van der Waals surface area contributed by atoms with Crippen molar-refractivity contribution in [2.75, 3.05) is 26.4 Å². The summed E-state index contributed by atoms with van der Waals surface area (Å²) < 4.78 is 15.1. The number of nitrogens with zero attached hydrogens (tertiary/aromatic N) is 1. The second kappa shape index (κ2) is 10.2. The molecule has 0 saturated heterocycles. The largest absolute Gasteiger partial charge is 0.462 e. The molecule has 0 aliphatic carbocycles. The monoisotopic (exact) mass is 330 g/mol. The molecule has 7 nitrogen and oxygen atoms in total. The predicted molar refractivity (Wildman–Crippen MR) is 81.9 cm³/mol. The van der Waals surface area contributed by atoms with Crippen molar-refractivity contribution in [3.63, 3.8) is 0 Å². The van der Waals surface area contributed by atoms with E-state index >= 15 is 0 Å². The van der Waals surface area contributed by atoms with Crippen LogP contribution in [0.3, 0.4) is 0 Å². The normalized spacial score (nSPS) is 12.0. The quantitative estimate of drug-likeness (QED) is 0.399. The standard InChI is InChI=1S/C14H22N2O5S/c1-4-11(13(18)21-8-7-19-5-2)22-14-15-9-10(16-14)12(17)20-6-3/h9,11H,4-8H2,1-3H3,(H,15,16). The van der Waals surface area contributed by atoms with Crippen LogP contribution in [0, 0.1) is 0 Å². The highest BCUT2D eigenvalue weighted by molar-refractivity contribution is 8.00. The fourth-order valence-corrected chi connectivity index (χ4v) is 2.43. The van der Waals surface area contributed by atoms with Gasteiger partial charge in [0.25, 0.3) is 0 Å². The average molecular weight is 330 g/mol. The summed E-state index contributed by atoms with van der Waals surface area (Å²) in [6, 6.07) is 0. The molecule has 1 unspecified atom stereocenters. The number of rotatable bonds is 10. The first-order valence-electron chi connectivity index (χ1n) is 7.25. The van der Waals surface area contributed by atoms with Crippen LogP contribution in [0.5, 0.6) is 0 Å². The second-order valence-electron chi connectivity index (χ2n) is 4.20. The molecule has 1 aromatic rings. The van der Waals surface area contributed by atoms with Gasteiger partial charge in [0.1, 0.15) is 17.6 Å². The predicted octanol–water partition coefficient (Wildman–Crippen LogP) is 2.04. The fraction of sp³-hybridized carbons (Fsp3) is 0.643. The van der Waals surface area contributed by atoms with Crippen LogP contribution in [0.4, 0.5) is 0 Å². The molecule has 0 radical (unpaired) electrons. The zero-order chi connectivity index (χ0) is 16.4. The molecule has 0 fully saturated rings. The smallest absolute Gasteiger partial charge is 0.356 e. The second-order valence-corrected chi connectivity index (χ2v) is 5.39. The van der Waals surface area contributed by atoms with Gasteiger partial charge in [-0.25, -0.2) is 9.78 Å². The number of imidazole rings is 1. The zero-order valence-electron chi connectivity index (χ0n) is 13.1. The summed E-state index contributed by atoms with van der Waals surface area (Å²) in [4.78, 5) is 30.4. The molecule has 1 rings (SSSR count). The number of carbonyl (C=O) groups excluding carboxylic acids is 2. The number of H-pyrrole nitrogens is 1. The van der Waals surface area contributed by atoms with Crippen molar-refractivity contribution in [2.24, 2.45) is 0 Å². The minimum atomic E-state index is -0.464. The number of aromatic nitrogens is 2. The van der Waals surface area contributed by atoms with E-state index < -0.39 is 5.97 Å². The lowest BCUT2D eigenvalue weighted by Crippen LogP contribution is -2.21. The minimum Gasteiger partial charge on any atom is -0.462 e.